The lowest BCUT2D eigenvalue weighted by Gasteiger charge is -2.16. The standard InChI is InChI=1S/C8H4F6INO2/c9-7(10,11)6-5(15)3(2-17)4(1-16-6)18-8(12,13)14/h1,17H,2H2. The summed E-state index contributed by atoms with van der Waals surface area (Å²) in [4.78, 5) is 2.87. The van der Waals surface area contributed by atoms with E-state index in [0.717, 1.165) is 22.6 Å². The summed E-state index contributed by atoms with van der Waals surface area (Å²) in [5, 5.41) is 8.84. The Morgan fingerprint density at radius 3 is 2.17 bits per heavy atom. The molecule has 1 N–H and O–H groups in total. The number of rotatable bonds is 2. The highest BCUT2D eigenvalue weighted by molar-refractivity contribution is 14.1. The maximum atomic E-state index is 12.4. The van der Waals surface area contributed by atoms with E-state index in [9.17, 15) is 26.3 Å². The van der Waals surface area contributed by atoms with Gasteiger partial charge in [0.05, 0.1) is 16.4 Å². The van der Waals surface area contributed by atoms with Crippen molar-refractivity contribution < 1.29 is 36.2 Å². The van der Waals surface area contributed by atoms with E-state index in [1.165, 1.54) is 0 Å². The van der Waals surface area contributed by atoms with Crippen molar-refractivity contribution in [3.63, 3.8) is 0 Å². The molecule has 10 heteroatoms. The Morgan fingerprint density at radius 2 is 1.78 bits per heavy atom. The van der Waals surface area contributed by atoms with Crippen molar-refractivity contribution in [3.8, 4) is 5.75 Å². The van der Waals surface area contributed by atoms with Gasteiger partial charge in [0.1, 0.15) is 0 Å². The lowest BCUT2D eigenvalue weighted by molar-refractivity contribution is -0.275. The predicted octanol–water partition coefficient (Wildman–Crippen LogP) is 3.10. The van der Waals surface area contributed by atoms with Crippen LogP contribution in [0.25, 0.3) is 0 Å². The van der Waals surface area contributed by atoms with E-state index >= 15 is 0 Å². The molecule has 0 unspecified atom stereocenters. The molecule has 1 aromatic rings. The van der Waals surface area contributed by atoms with Crippen molar-refractivity contribution in [3.05, 3.63) is 21.0 Å². The molecule has 0 aliphatic rings. The highest BCUT2D eigenvalue weighted by Gasteiger charge is 2.38. The summed E-state index contributed by atoms with van der Waals surface area (Å²) >= 11 is 1.15. The van der Waals surface area contributed by atoms with Gasteiger partial charge in [0, 0.05) is 5.56 Å². The van der Waals surface area contributed by atoms with Gasteiger partial charge in [0.15, 0.2) is 11.4 Å². The van der Waals surface area contributed by atoms with Gasteiger partial charge in [-0.3, -0.25) is 0 Å². The number of pyridine rings is 1. The molecule has 0 radical (unpaired) electrons. The third-order valence-corrected chi connectivity index (χ3v) is 2.90. The van der Waals surface area contributed by atoms with Crippen LogP contribution in [0, 0.1) is 3.57 Å². The van der Waals surface area contributed by atoms with Crippen molar-refractivity contribution in [2.45, 2.75) is 19.1 Å². The fourth-order valence-corrected chi connectivity index (χ4v) is 1.95. The van der Waals surface area contributed by atoms with Crippen molar-refractivity contribution in [1.29, 1.82) is 0 Å². The average Bonchev–Trinajstić information content (AvgIpc) is 2.13. The summed E-state index contributed by atoms with van der Waals surface area (Å²) in [6.07, 6.45) is -9.62. The van der Waals surface area contributed by atoms with Gasteiger partial charge < -0.3 is 9.84 Å². The highest BCUT2D eigenvalue weighted by atomic mass is 127. The van der Waals surface area contributed by atoms with E-state index in [0.29, 0.717) is 0 Å². The first-order valence-corrected chi connectivity index (χ1v) is 5.25. The lowest BCUT2D eigenvalue weighted by Crippen LogP contribution is -2.20. The second-order valence-electron chi connectivity index (χ2n) is 2.97. The molecule has 1 heterocycles. The molecule has 0 amide bonds. The van der Waals surface area contributed by atoms with Crippen molar-refractivity contribution in [2.75, 3.05) is 0 Å². The minimum absolute atomic E-state index is 0.282. The van der Waals surface area contributed by atoms with Crippen LogP contribution in [0.15, 0.2) is 6.20 Å². The average molecular weight is 387 g/mol. The Bertz CT molecular complexity index is 444. The first-order chi connectivity index (χ1) is 8.06. The van der Waals surface area contributed by atoms with Crippen molar-refractivity contribution in [1.82, 2.24) is 4.98 Å². The van der Waals surface area contributed by atoms with Gasteiger partial charge >= 0.3 is 12.5 Å². The maximum Gasteiger partial charge on any atom is 0.573 e. The van der Waals surface area contributed by atoms with Gasteiger partial charge in [-0.05, 0) is 22.6 Å². The number of hydrogen-bond donors (Lipinski definition) is 1. The van der Waals surface area contributed by atoms with E-state index in [1.807, 2.05) is 0 Å². The molecule has 0 bridgehead atoms. The minimum atomic E-state index is -5.07. The van der Waals surface area contributed by atoms with Gasteiger partial charge in [-0.15, -0.1) is 13.2 Å². The maximum absolute atomic E-state index is 12.4. The third-order valence-electron chi connectivity index (χ3n) is 1.73. The molecule has 1 rings (SSSR count). The zero-order chi connectivity index (χ0) is 14.1. The number of ether oxygens (including phenoxy) is 1. The molecule has 0 aromatic carbocycles. The SMILES string of the molecule is OCc1c(OC(F)(F)F)cnc(C(F)(F)F)c1I. The molecule has 0 atom stereocenters. The summed E-state index contributed by atoms with van der Waals surface area (Å²) < 4.78 is 76.0. The number of halogens is 7. The van der Waals surface area contributed by atoms with E-state index in [-0.39, 0.29) is 6.20 Å². The normalized spacial score (nSPS) is 12.7. The zero-order valence-electron chi connectivity index (χ0n) is 8.23. The molecule has 102 valence electrons. The van der Waals surface area contributed by atoms with Crippen LogP contribution in [0.2, 0.25) is 0 Å². The molecule has 0 spiro atoms. The van der Waals surface area contributed by atoms with Crippen molar-refractivity contribution in [2.24, 2.45) is 0 Å². The Kier molecular flexibility index (Phi) is 4.30. The number of aliphatic hydroxyl groups is 1. The van der Waals surface area contributed by atoms with Crippen LogP contribution in [0.3, 0.4) is 0 Å². The van der Waals surface area contributed by atoms with Crippen LogP contribution in [-0.2, 0) is 12.8 Å². The first kappa shape index (κ1) is 15.3. The molecule has 0 fully saturated rings. The number of hydrogen-bond acceptors (Lipinski definition) is 3. The second kappa shape index (κ2) is 5.07. The van der Waals surface area contributed by atoms with Gasteiger partial charge in [0.2, 0.25) is 0 Å². The van der Waals surface area contributed by atoms with Gasteiger partial charge in [-0.1, -0.05) is 0 Å². The number of aliphatic hydroxyl groups excluding tert-OH is 1. The van der Waals surface area contributed by atoms with Gasteiger partial charge in [0.25, 0.3) is 0 Å². The summed E-state index contributed by atoms with van der Waals surface area (Å²) in [6, 6.07) is 0. The van der Waals surface area contributed by atoms with Crippen LogP contribution in [-0.4, -0.2) is 16.5 Å². The fourth-order valence-electron chi connectivity index (χ4n) is 1.07. The summed E-state index contributed by atoms with van der Waals surface area (Å²) in [5.41, 5.74) is -1.99. The number of aromatic nitrogens is 1. The molecule has 1 aromatic heterocycles. The molecular weight excluding hydrogens is 383 g/mol. The Morgan fingerprint density at radius 1 is 1.22 bits per heavy atom. The van der Waals surface area contributed by atoms with Crippen molar-refractivity contribution >= 4 is 22.6 Å². The molecule has 18 heavy (non-hydrogen) atoms. The Hall–Kier alpha value is -0.780. The van der Waals surface area contributed by atoms with Crippen LogP contribution in [0.1, 0.15) is 11.3 Å². The molecule has 3 nitrogen and oxygen atoms in total. The molecule has 0 saturated carbocycles. The summed E-state index contributed by atoms with van der Waals surface area (Å²) in [6.45, 7) is -1.03. The van der Waals surface area contributed by atoms with Crippen LogP contribution in [0.4, 0.5) is 26.3 Å². The summed E-state index contributed by atoms with van der Waals surface area (Å²) in [5.74, 6) is -0.956. The molecular formula is C8H4F6INO2. The molecule has 0 saturated heterocycles. The third kappa shape index (κ3) is 3.60. The van der Waals surface area contributed by atoms with Crippen LogP contribution in [0.5, 0.6) is 5.75 Å². The predicted molar refractivity (Wildman–Crippen MR) is 54.6 cm³/mol. The smallest absolute Gasteiger partial charge is 0.404 e. The topological polar surface area (TPSA) is 42.4 Å². The summed E-state index contributed by atoms with van der Waals surface area (Å²) in [7, 11) is 0. The van der Waals surface area contributed by atoms with Crippen LogP contribution >= 0.6 is 22.6 Å². The van der Waals surface area contributed by atoms with E-state index in [2.05, 4.69) is 9.72 Å². The number of nitrogens with zero attached hydrogens (tertiary/aromatic N) is 1. The van der Waals surface area contributed by atoms with Crippen LogP contribution < -0.4 is 4.74 Å². The molecule has 0 aliphatic heterocycles. The van der Waals surface area contributed by atoms with E-state index in [1.54, 1.807) is 0 Å². The zero-order valence-corrected chi connectivity index (χ0v) is 10.4. The quantitative estimate of drug-likeness (QED) is 0.627. The van der Waals surface area contributed by atoms with Gasteiger partial charge in [-0.2, -0.15) is 13.2 Å². The fraction of sp³-hybridized carbons (Fsp3) is 0.375. The van der Waals surface area contributed by atoms with E-state index in [4.69, 9.17) is 5.11 Å². The monoisotopic (exact) mass is 387 g/mol. The largest absolute Gasteiger partial charge is 0.573 e. The number of alkyl halides is 6. The Labute approximate surface area is 110 Å². The molecule has 0 aliphatic carbocycles. The first-order valence-electron chi connectivity index (χ1n) is 4.17. The lowest BCUT2D eigenvalue weighted by atomic mass is 10.2. The second-order valence-corrected chi connectivity index (χ2v) is 4.05. The minimum Gasteiger partial charge on any atom is -0.404 e. The van der Waals surface area contributed by atoms with E-state index < -0.39 is 39.7 Å². The van der Waals surface area contributed by atoms with Gasteiger partial charge in [-0.25, -0.2) is 4.98 Å². The Balaban J connectivity index is 3.30. The highest BCUT2D eigenvalue weighted by Crippen LogP contribution is 2.36.